The Kier molecular flexibility index (Phi) is 6.76. The number of carbonyl (C=O) groups excluding carboxylic acids is 1. The number of likely N-dealkylation sites (N-methyl/N-ethyl adjacent to an activating group) is 1. The van der Waals surface area contributed by atoms with E-state index >= 15 is 0 Å². The molecule has 1 unspecified atom stereocenters. The maximum absolute atomic E-state index is 11.5. The number of aliphatic hydroxyl groups is 1. The van der Waals surface area contributed by atoms with E-state index in [1.54, 1.807) is 25.9 Å². The highest BCUT2D eigenvalue weighted by Gasteiger charge is 2.25. The lowest BCUT2D eigenvalue weighted by molar-refractivity contribution is -0.139. The van der Waals surface area contributed by atoms with Gasteiger partial charge in [-0.05, 0) is 27.9 Å². The molecule has 0 aromatic heterocycles. The van der Waals surface area contributed by atoms with Crippen LogP contribution < -0.4 is 4.72 Å². The summed E-state index contributed by atoms with van der Waals surface area (Å²) in [5.74, 6) is -1.55. The highest BCUT2D eigenvalue weighted by molar-refractivity contribution is 7.90. The van der Waals surface area contributed by atoms with E-state index in [2.05, 4.69) is 9.46 Å². The lowest BCUT2D eigenvalue weighted by atomic mass is 10.1. The molecule has 7 nitrogen and oxygen atoms in total. The minimum atomic E-state index is -3.78. The Labute approximate surface area is 108 Å². The predicted molar refractivity (Wildman–Crippen MR) is 67.6 cm³/mol. The Morgan fingerprint density at radius 2 is 2.00 bits per heavy atom. The number of ether oxygens (including phenoxy) is 1. The standard InChI is InChI=1S/C10H22N2O5S/c1-5-17-9(13)6-18(15,16)11-7-10(2,14)8-12(3)4/h11,14H,5-8H2,1-4H3. The van der Waals surface area contributed by atoms with Gasteiger partial charge >= 0.3 is 5.97 Å². The van der Waals surface area contributed by atoms with Crippen LogP contribution in [0, 0.1) is 0 Å². The number of sulfonamides is 1. The molecule has 18 heavy (non-hydrogen) atoms. The molecule has 0 aromatic rings. The van der Waals surface area contributed by atoms with Crippen molar-refractivity contribution in [3.8, 4) is 0 Å². The van der Waals surface area contributed by atoms with Crippen molar-refractivity contribution in [2.45, 2.75) is 19.4 Å². The van der Waals surface area contributed by atoms with Gasteiger partial charge in [-0.1, -0.05) is 0 Å². The summed E-state index contributed by atoms with van der Waals surface area (Å²) in [4.78, 5) is 12.8. The first-order chi connectivity index (χ1) is 8.08. The Hall–Kier alpha value is -0.700. The first-order valence-corrected chi connectivity index (χ1v) is 7.23. The number of esters is 1. The van der Waals surface area contributed by atoms with Gasteiger partial charge in [-0.25, -0.2) is 13.1 Å². The average molecular weight is 282 g/mol. The molecule has 0 rings (SSSR count). The van der Waals surface area contributed by atoms with E-state index in [0.29, 0.717) is 6.54 Å². The first kappa shape index (κ1) is 17.3. The molecule has 0 aliphatic carbocycles. The van der Waals surface area contributed by atoms with Crippen molar-refractivity contribution >= 4 is 16.0 Å². The molecule has 108 valence electrons. The predicted octanol–water partition coefficient (Wildman–Crippen LogP) is -1.22. The highest BCUT2D eigenvalue weighted by atomic mass is 32.2. The van der Waals surface area contributed by atoms with E-state index in [1.807, 2.05) is 0 Å². The maximum atomic E-state index is 11.5. The van der Waals surface area contributed by atoms with Crippen molar-refractivity contribution in [1.82, 2.24) is 9.62 Å². The van der Waals surface area contributed by atoms with Crippen LogP contribution in [0.3, 0.4) is 0 Å². The molecule has 8 heteroatoms. The fraction of sp³-hybridized carbons (Fsp3) is 0.900. The van der Waals surface area contributed by atoms with Gasteiger partial charge in [0.25, 0.3) is 0 Å². The molecule has 0 radical (unpaired) electrons. The normalized spacial score (nSPS) is 15.4. The third-order valence-electron chi connectivity index (χ3n) is 1.94. The SMILES string of the molecule is CCOC(=O)CS(=O)(=O)NCC(C)(O)CN(C)C. The van der Waals surface area contributed by atoms with Crippen molar-refractivity contribution < 1.29 is 23.1 Å². The quantitative estimate of drug-likeness (QED) is 0.542. The Morgan fingerprint density at radius 3 is 2.44 bits per heavy atom. The van der Waals surface area contributed by atoms with E-state index in [1.165, 1.54) is 6.92 Å². The summed E-state index contributed by atoms with van der Waals surface area (Å²) in [6.07, 6.45) is 0. The molecule has 0 heterocycles. The monoisotopic (exact) mass is 282 g/mol. The summed E-state index contributed by atoms with van der Waals surface area (Å²) in [6.45, 7) is 3.38. The molecule has 0 amide bonds. The fourth-order valence-electron chi connectivity index (χ4n) is 1.41. The van der Waals surface area contributed by atoms with Crippen molar-refractivity contribution in [1.29, 1.82) is 0 Å². The Balaban J connectivity index is 4.30. The van der Waals surface area contributed by atoms with Crippen LogP contribution in [-0.4, -0.2) is 69.5 Å². The molecule has 0 aliphatic heterocycles. The largest absolute Gasteiger partial charge is 0.465 e. The highest BCUT2D eigenvalue weighted by Crippen LogP contribution is 2.03. The van der Waals surface area contributed by atoms with Crippen LogP contribution in [-0.2, 0) is 19.6 Å². The van der Waals surface area contributed by atoms with E-state index < -0.39 is 27.3 Å². The Bertz CT molecular complexity index is 364. The van der Waals surface area contributed by atoms with Gasteiger partial charge in [-0.15, -0.1) is 0 Å². The van der Waals surface area contributed by atoms with Crippen LogP contribution in [0.25, 0.3) is 0 Å². The lowest BCUT2D eigenvalue weighted by Crippen LogP contribution is -2.48. The van der Waals surface area contributed by atoms with Crippen LogP contribution in [0.1, 0.15) is 13.8 Å². The van der Waals surface area contributed by atoms with Gasteiger partial charge in [-0.3, -0.25) is 4.79 Å². The van der Waals surface area contributed by atoms with E-state index in [0.717, 1.165) is 0 Å². The second kappa shape index (κ2) is 7.03. The van der Waals surface area contributed by atoms with Gasteiger partial charge in [0.15, 0.2) is 5.75 Å². The molecule has 1 atom stereocenters. The molecule has 2 N–H and O–H groups in total. The summed E-state index contributed by atoms with van der Waals surface area (Å²) in [5, 5.41) is 9.90. The van der Waals surface area contributed by atoms with Crippen molar-refractivity contribution in [2.24, 2.45) is 0 Å². The van der Waals surface area contributed by atoms with Gasteiger partial charge in [0.2, 0.25) is 10.0 Å². The smallest absolute Gasteiger partial charge is 0.322 e. The molecular weight excluding hydrogens is 260 g/mol. The summed E-state index contributed by atoms with van der Waals surface area (Å²) >= 11 is 0. The van der Waals surface area contributed by atoms with Crippen LogP contribution in [0.5, 0.6) is 0 Å². The van der Waals surface area contributed by atoms with Crippen LogP contribution in [0.4, 0.5) is 0 Å². The second-order valence-corrected chi connectivity index (χ2v) is 6.43. The number of nitrogens with one attached hydrogen (secondary N) is 1. The number of carbonyl (C=O) groups is 1. The second-order valence-electron chi connectivity index (χ2n) is 4.62. The molecule has 0 bridgehead atoms. The van der Waals surface area contributed by atoms with E-state index in [4.69, 9.17) is 0 Å². The summed E-state index contributed by atoms with van der Waals surface area (Å²) < 4.78 is 29.8. The average Bonchev–Trinajstić information content (AvgIpc) is 2.12. The number of rotatable bonds is 8. The number of nitrogens with zero attached hydrogens (tertiary/aromatic N) is 1. The first-order valence-electron chi connectivity index (χ1n) is 5.58. The zero-order chi connectivity index (χ0) is 14.4. The van der Waals surface area contributed by atoms with Gasteiger partial charge in [-0.2, -0.15) is 0 Å². The Morgan fingerprint density at radius 1 is 1.44 bits per heavy atom. The molecule has 0 spiro atoms. The topological polar surface area (TPSA) is 95.9 Å². The van der Waals surface area contributed by atoms with Crippen LogP contribution >= 0.6 is 0 Å². The molecular formula is C10H22N2O5S. The fourth-order valence-corrected chi connectivity index (χ4v) is 2.44. The van der Waals surface area contributed by atoms with Gasteiger partial charge < -0.3 is 14.7 Å². The van der Waals surface area contributed by atoms with Crippen molar-refractivity contribution in [3.05, 3.63) is 0 Å². The maximum Gasteiger partial charge on any atom is 0.322 e. The lowest BCUT2D eigenvalue weighted by Gasteiger charge is -2.26. The molecule has 0 fully saturated rings. The third kappa shape index (κ3) is 8.40. The van der Waals surface area contributed by atoms with E-state index in [-0.39, 0.29) is 13.2 Å². The molecule has 0 aromatic carbocycles. The molecule has 0 aliphatic rings. The zero-order valence-electron chi connectivity index (χ0n) is 11.3. The minimum absolute atomic E-state index is 0.132. The third-order valence-corrected chi connectivity index (χ3v) is 3.14. The number of hydrogen-bond donors (Lipinski definition) is 2. The summed E-state index contributed by atoms with van der Waals surface area (Å²) in [7, 11) is -0.244. The van der Waals surface area contributed by atoms with E-state index in [9.17, 15) is 18.3 Å². The molecule has 0 saturated heterocycles. The minimum Gasteiger partial charge on any atom is -0.465 e. The van der Waals surface area contributed by atoms with Crippen molar-refractivity contribution in [2.75, 3.05) is 39.5 Å². The van der Waals surface area contributed by atoms with Gasteiger partial charge in [0.05, 0.1) is 12.2 Å². The summed E-state index contributed by atoms with van der Waals surface area (Å²) in [5.41, 5.74) is -1.20. The molecule has 0 saturated carbocycles. The van der Waals surface area contributed by atoms with Crippen LogP contribution in [0.2, 0.25) is 0 Å². The number of hydrogen-bond acceptors (Lipinski definition) is 6. The van der Waals surface area contributed by atoms with Gasteiger partial charge in [0, 0.05) is 13.1 Å². The zero-order valence-corrected chi connectivity index (χ0v) is 12.1. The van der Waals surface area contributed by atoms with Crippen LogP contribution in [0.15, 0.2) is 0 Å². The van der Waals surface area contributed by atoms with Gasteiger partial charge in [0.1, 0.15) is 0 Å². The summed E-state index contributed by atoms with van der Waals surface area (Å²) in [6, 6.07) is 0. The van der Waals surface area contributed by atoms with Crippen molar-refractivity contribution in [3.63, 3.8) is 0 Å².